The minimum absolute atomic E-state index is 0.111. The van der Waals surface area contributed by atoms with Crippen molar-refractivity contribution in [3.8, 4) is 0 Å². The van der Waals surface area contributed by atoms with Gasteiger partial charge in [-0.2, -0.15) is 0 Å². The largest absolute Gasteiger partial charge is 0.392 e. The molecule has 2 aliphatic rings. The van der Waals surface area contributed by atoms with E-state index in [4.69, 9.17) is 4.74 Å². The molecule has 1 unspecified atom stereocenters. The average Bonchev–Trinajstić information content (AvgIpc) is 2.25. The first-order chi connectivity index (χ1) is 7.81. The molecule has 2 heterocycles. The Labute approximate surface area is 98.8 Å². The first-order valence-corrected chi connectivity index (χ1v) is 6.79. The van der Waals surface area contributed by atoms with E-state index in [9.17, 15) is 5.11 Å². The Morgan fingerprint density at radius 2 is 1.81 bits per heavy atom. The van der Waals surface area contributed by atoms with Gasteiger partial charge in [-0.05, 0) is 13.0 Å². The lowest BCUT2D eigenvalue weighted by Gasteiger charge is -2.44. The van der Waals surface area contributed by atoms with Gasteiger partial charge in [-0.15, -0.1) is 0 Å². The molecule has 2 bridgehead atoms. The average molecular weight is 227 g/mol. The van der Waals surface area contributed by atoms with Crippen molar-refractivity contribution in [2.75, 3.05) is 32.8 Å². The van der Waals surface area contributed by atoms with Crippen LogP contribution in [0.25, 0.3) is 0 Å². The Hall–Kier alpha value is -0.120. The van der Waals surface area contributed by atoms with E-state index in [0.29, 0.717) is 11.8 Å². The van der Waals surface area contributed by atoms with E-state index < -0.39 is 0 Å². The van der Waals surface area contributed by atoms with Crippen molar-refractivity contribution in [1.82, 2.24) is 4.90 Å². The molecule has 0 saturated carbocycles. The van der Waals surface area contributed by atoms with Crippen LogP contribution in [0.3, 0.4) is 0 Å². The fraction of sp³-hybridized carbons (Fsp3) is 1.00. The zero-order chi connectivity index (χ0) is 11.4. The van der Waals surface area contributed by atoms with Crippen LogP contribution in [0, 0.1) is 11.8 Å². The molecule has 2 fully saturated rings. The summed E-state index contributed by atoms with van der Waals surface area (Å²) in [6.45, 7) is 7.03. The maximum Gasteiger partial charge on any atom is 0.0665 e. The number of piperidine rings is 1. The summed E-state index contributed by atoms with van der Waals surface area (Å²) in [5, 5.41) is 10.0. The predicted molar refractivity (Wildman–Crippen MR) is 64.4 cm³/mol. The van der Waals surface area contributed by atoms with Gasteiger partial charge in [0, 0.05) is 24.9 Å². The van der Waals surface area contributed by atoms with E-state index in [1.165, 1.54) is 32.2 Å². The van der Waals surface area contributed by atoms with Crippen molar-refractivity contribution < 1.29 is 9.84 Å². The fourth-order valence-electron chi connectivity index (χ4n) is 2.96. The van der Waals surface area contributed by atoms with Crippen LogP contribution in [0.1, 0.15) is 32.6 Å². The summed E-state index contributed by atoms with van der Waals surface area (Å²) < 4.78 is 5.51. The van der Waals surface area contributed by atoms with Crippen LogP contribution < -0.4 is 0 Å². The van der Waals surface area contributed by atoms with Crippen LogP contribution in [0.2, 0.25) is 0 Å². The summed E-state index contributed by atoms with van der Waals surface area (Å²) in [6.07, 6.45) is 5.20. The molecule has 2 rings (SSSR count). The highest BCUT2D eigenvalue weighted by molar-refractivity contribution is 4.89. The third-order valence-corrected chi connectivity index (χ3v) is 3.94. The topological polar surface area (TPSA) is 32.7 Å². The molecule has 1 N–H and O–H groups in total. The molecule has 0 radical (unpaired) electrons. The number of nitrogens with zero attached hydrogens (tertiary/aromatic N) is 1. The number of aliphatic hydroxyl groups excluding tert-OH is 1. The number of fused-ring (bicyclic) bond motifs is 2. The van der Waals surface area contributed by atoms with Crippen molar-refractivity contribution in [1.29, 1.82) is 0 Å². The van der Waals surface area contributed by atoms with Crippen LogP contribution in [-0.2, 0) is 4.74 Å². The highest BCUT2D eigenvalue weighted by atomic mass is 16.5. The first-order valence-electron chi connectivity index (χ1n) is 6.79. The smallest absolute Gasteiger partial charge is 0.0665 e. The maximum absolute atomic E-state index is 10.0. The van der Waals surface area contributed by atoms with E-state index in [1.54, 1.807) is 0 Å². The van der Waals surface area contributed by atoms with Crippen LogP contribution in [-0.4, -0.2) is 49.0 Å². The van der Waals surface area contributed by atoms with Gasteiger partial charge in [0.2, 0.25) is 0 Å². The second-order valence-electron chi connectivity index (χ2n) is 5.37. The van der Waals surface area contributed by atoms with E-state index in [0.717, 1.165) is 26.3 Å². The summed E-state index contributed by atoms with van der Waals surface area (Å²) in [5.41, 5.74) is 0. The van der Waals surface area contributed by atoms with Gasteiger partial charge in [0.1, 0.15) is 0 Å². The lowest BCUT2D eigenvalue weighted by Crippen LogP contribution is -2.55. The van der Waals surface area contributed by atoms with Crippen molar-refractivity contribution in [3.63, 3.8) is 0 Å². The molecule has 0 spiro atoms. The van der Waals surface area contributed by atoms with Gasteiger partial charge in [-0.3, -0.25) is 0 Å². The third kappa shape index (κ3) is 2.96. The Morgan fingerprint density at radius 1 is 1.12 bits per heavy atom. The Balaban J connectivity index is 1.72. The van der Waals surface area contributed by atoms with Crippen molar-refractivity contribution in [3.05, 3.63) is 0 Å². The standard InChI is InChI=1S/C13H25NO2/c1-2-3-4-5-6-14-7-11-9-16-10-12(8-14)13(11)15/h11-13,15H,2-10H2,1H3/t11-,12+,13?. The minimum Gasteiger partial charge on any atom is -0.392 e. The SMILES string of the molecule is CCCCCCN1C[C@H]2COC[C@@H](C1)C2O. The molecule has 16 heavy (non-hydrogen) atoms. The van der Waals surface area contributed by atoms with E-state index in [1.807, 2.05) is 0 Å². The van der Waals surface area contributed by atoms with Gasteiger partial charge in [0.25, 0.3) is 0 Å². The van der Waals surface area contributed by atoms with Gasteiger partial charge >= 0.3 is 0 Å². The molecular formula is C13H25NO2. The summed E-state index contributed by atoms with van der Waals surface area (Å²) in [7, 11) is 0. The zero-order valence-electron chi connectivity index (χ0n) is 10.4. The van der Waals surface area contributed by atoms with Crippen molar-refractivity contribution >= 4 is 0 Å². The molecule has 3 heteroatoms. The van der Waals surface area contributed by atoms with Crippen LogP contribution in [0.5, 0.6) is 0 Å². The second-order valence-corrected chi connectivity index (χ2v) is 5.37. The van der Waals surface area contributed by atoms with Gasteiger partial charge in [-0.25, -0.2) is 0 Å². The number of rotatable bonds is 5. The number of hydrogen-bond donors (Lipinski definition) is 1. The van der Waals surface area contributed by atoms with E-state index in [2.05, 4.69) is 11.8 Å². The first kappa shape index (κ1) is 12.3. The monoisotopic (exact) mass is 227 g/mol. The van der Waals surface area contributed by atoms with Gasteiger partial charge in [-0.1, -0.05) is 26.2 Å². The van der Waals surface area contributed by atoms with E-state index in [-0.39, 0.29) is 6.10 Å². The van der Waals surface area contributed by atoms with Gasteiger partial charge < -0.3 is 14.7 Å². The maximum atomic E-state index is 10.0. The lowest BCUT2D eigenvalue weighted by molar-refractivity contribution is -0.123. The summed E-state index contributed by atoms with van der Waals surface area (Å²) in [6, 6.07) is 0. The molecule has 0 amide bonds. The van der Waals surface area contributed by atoms with Crippen LogP contribution >= 0.6 is 0 Å². The summed E-state index contributed by atoms with van der Waals surface area (Å²) >= 11 is 0. The number of aliphatic hydroxyl groups is 1. The molecule has 0 aromatic carbocycles. The van der Waals surface area contributed by atoms with Crippen molar-refractivity contribution in [2.24, 2.45) is 11.8 Å². The van der Waals surface area contributed by atoms with Gasteiger partial charge in [0.15, 0.2) is 0 Å². The third-order valence-electron chi connectivity index (χ3n) is 3.94. The highest BCUT2D eigenvalue weighted by Crippen LogP contribution is 2.27. The highest BCUT2D eigenvalue weighted by Gasteiger charge is 2.38. The number of unbranched alkanes of at least 4 members (excludes halogenated alkanes) is 3. The second kappa shape index (κ2) is 5.99. The molecule has 0 aromatic rings. The van der Waals surface area contributed by atoms with E-state index >= 15 is 0 Å². The number of hydrogen-bond acceptors (Lipinski definition) is 3. The number of ether oxygens (including phenoxy) is 1. The normalized spacial score (nSPS) is 35.2. The molecular weight excluding hydrogens is 202 g/mol. The fourth-order valence-corrected chi connectivity index (χ4v) is 2.96. The Bertz CT molecular complexity index is 196. The summed E-state index contributed by atoms with van der Waals surface area (Å²) in [5.74, 6) is 0.720. The molecule has 2 saturated heterocycles. The molecule has 2 aliphatic heterocycles. The Morgan fingerprint density at radius 3 is 2.44 bits per heavy atom. The molecule has 94 valence electrons. The summed E-state index contributed by atoms with van der Waals surface area (Å²) in [4.78, 5) is 2.53. The lowest BCUT2D eigenvalue weighted by atomic mass is 9.85. The predicted octanol–water partition coefficient (Wildman–Crippen LogP) is 1.51. The quantitative estimate of drug-likeness (QED) is 0.723. The molecule has 3 atom stereocenters. The van der Waals surface area contributed by atoms with Crippen LogP contribution in [0.4, 0.5) is 0 Å². The zero-order valence-corrected chi connectivity index (χ0v) is 10.4. The Kier molecular flexibility index (Phi) is 4.62. The van der Waals surface area contributed by atoms with Crippen molar-refractivity contribution in [2.45, 2.75) is 38.7 Å². The molecule has 3 nitrogen and oxygen atoms in total. The molecule has 0 aromatic heterocycles. The van der Waals surface area contributed by atoms with Crippen LogP contribution in [0.15, 0.2) is 0 Å². The molecule has 0 aliphatic carbocycles. The number of likely N-dealkylation sites (tertiary alicyclic amines) is 1. The van der Waals surface area contributed by atoms with Gasteiger partial charge in [0.05, 0.1) is 19.3 Å². The minimum atomic E-state index is -0.111.